The molecule has 0 radical (unpaired) electrons. The zero-order chi connectivity index (χ0) is 25.0. The Morgan fingerprint density at radius 1 is 0.912 bits per heavy atom. The largest absolute Gasteiger partial charge is 0.493 e. The number of hydrogen-bond donors (Lipinski definition) is 1. The fourth-order valence-corrected chi connectivity index (χ4v) is 5.12. The molecule has 0 aliphatic heterocycles. The van der Waals surface area contributed by atoms with Crippen LogP contribution in [0.2, 0.25) is 5.02 Å². The summed E-state index contributed by atoms with van der Waals surface area (Å²) in [6.45, 7) is 5.15. The molecule has 0 spiro atoms. The van der Waals surface area contributed by atoms with Crippen molar-refractivity contribution in [2.75, 3.05) is 30.4 Å². The highest BCUT2D eigenvalue weighted by Crippen LogP contribution is 2.33. The van der Waals surface area contributed by atoms with Gasteiger partial charge in [0.05, 0.1) is 24.8 Å². The van der Waals surface area contributed by atoms with Gasteiger partial charge < -0.3 is 14.8 Å². The van der Waals surface area contributed by atoms with Crippen LogP contribution in [-0.4, -0.2) is 35.1 Å². The Hall–Kier alpha value is -3.23. The second kappa shape index (κ2) is 10.4. The van der Waals surface area contributed by atoms with Crippen molar-refractivity contribution in [2.24, 2.45) is 0 Å². The third kappa shape index (κ3) is 5.63. The van der Waals surface area contributed by atoms with E-state index >= 15 is 0 Å². The predicted octanol–water partition coefficient (Wildman–Crippen LogP) is 5.12. The summed E-state index contributed by atoms with van der Waals surface area (Å²) in [5.74, 6) is 0.152. The number of amides is 1. The normalized spacial score (nSPS) is 11.1. The van der Waals surface area contributed by atoms with Crippen molar-refractivity contribution in [3.05, 3.63) is 76.3 Å². The highest BCUT2D eigenvalue weighted by Gasteiger charge is 2.29. The molecule has 9 heteroatoms. The van der Waals surface area contributed by atoms with Crippen molar-refractivity contribution in [3.8, 4) is 11.5 Å². The summed E-state index contributed by atoms with van der Waals surface area (Å²) in [6.07, 6.45) is 0. The molecule has 0 bridgehead atoms. The van der Waals surface area contributed by atoms with E-state index in [9.17, 15) is 13.2 Å². The van der Waals surface area contributed by atoms with Crippen LogP contribution < -0.4 is 19.1 Å². The number of benzene rings is 3. The van der Waals surface area contributed by atoms with Gasteiger partial charge in [0.1, 0.15) is 6.54 Å². The first-order chi connectivity index (χ1) is 16.0. The van der Waals surface area contributed by atoms with Crippen molar-refractivity contribution in [2.45, 2.75) is 25.7 Å². The van der Waals surface area contributed by atoms with E-state index in [1.807, 2.05) is 26.8 Å². The maximum absolute atomic E-state index is 13.7. The molecule has 7 nitrogen and oxygen atoms in total. The number of carbonyl (C=O) groups excluding carboxylic acids is 1. The smallest absolute Gasteiger partial charge is 0.264 e. The first-order valence-corrected chi connectivity index (χ1v) is 12.3. The van der Waals surface area contributed by atoms with Crippen LogP contribution in [0.1, 0.15) is 16.7 Å². The molecule has 3 aromatic rings. The van der Waals surface area contributed by atoms with E-state index in [-0.39, 0.29) is 10.6 Å². The number of aryl methyl sites for hydroxylation is 3. The first-order valence-electron chi connectivity index (χ1n) is 10.4. The van der Waals surface area contributed by atoms with E-state index in [0.29, 0.717) is 22.1 Å². The zero-order valence-corrected chi connectivity index (χ0v) is 21.3. The minimum atomic E-state index is -4.14. The number of nitrogens with zero attached hydrogens (tertiary/aromatic N) is 1. The van der Waals surface area contributed by atoms with Gasteiger partial charge in [-0.25, -0.2) is 8.42 Å². The maximum Gasteiger partial charge on any atom is 0.264 e. The van der Waals surface area contributed by atoms with Crippen LogP contribution in [0.4, 0.5) is 11.4 Å². The third-order valence-electron chi connectivity index (χ3n) is 5.18. The standard InChI is InChI=1S/C25H27ClN2O5S/c1-16-10-17(2)12-20(11-16)28(15-25(29)27-19-7-6-18(3)22(26)13-19)34(30,31)21-8-9-23(32-4)24(14-21)33-5/h6-14H,15H2,1-5H3,(H,27,29). The Bertz CT molecular complexity index is 1300. The topological polar surface area (TPSA) is 84.9 Å². The average Bonchev–Trinajstić information content (AvgIpc) is 2.78. The van der Waals surface area contributed by atoms with Gasteiger partial charge in [0.2, 0.25) is 5.91 Å². The van der Waals surface area contributed by atoms with Crippen molar-refractivity contribution < 1.29 is 22.7 Å². The molecule has 3 aromatic carbocycles. The Balaban J connectivity index is 2.03. The van der Waals surface area contributed by atoms with Crippen molar-refractivity contribution in [1.82, 2.24) is 0 Å². The third-order valence-corrected chi connectivity index (χ3v) is 7.36. The lowest BCUT2D eigenvalue weighted by atomic mass is 10.1. The van der Waals surface area contributed by atoms with Crippen LogP contribution >= 0.6 is 11.6 Å². The lowest BCUT2D eigenvalue weighted by Gasteiger charge is -2.25. The summed E-state index contributed by atoms with van der Waals surface area (Å²) in [5, 5.41) is 3.23. The van der Waals surface area contributed by atoms with Gasteiger partial charge in [0.15, 0.2) is 11.5 Å². The van der Waals surface area contributed by atoms with E-state index < -0.39 is 22.5 Å². The van der Waals surface area contributed by atoms with Crippen molar-refractivity contribution in [1.29, 1.82) is 0 Å². The van der Waals surface area contributed by atoms with Crippen LogP contribution in [0.25, 0.3) is 0 Å². The highest BCUT2D eigenvalue weighted by atomic mass is 35.5. The van der Waals surface area contributed by atoms with Gasteiger partial charge in [-0.05, 0) is 73.9 Å². The fourth-order valence-electron chi connectivity index (χ4n) is 3.52. The quantitative estimate of drug-likeness (QED) is 0.462. The van der Waals surface area contributed by atoms with Crippen LogP contribution in [0, 0.1) is 20.8 Å². The molecule has 0 saturated heterocycles. The Labute approximate surface area is 205 Å². The van der Waals surface area contributed by atoms with E-state index in [0.717, 1.165) is 21.0 Å². The maximum atomic E-state index is 13.7. The molecule has 1 amide bonds. The number of nitrogens with one attached hydrogen (secondary N) is 1. The summed E-state index contributed by atoms with van der Waals surface area (Å²) in [4.78, 5) is 12.9. The molecule has 0 aliphatic carbocycles. The lowest BCUT2D eigenvalue weighted by molar-refractivity contribution is -0.114. The van der Waals surface area contributed by atoms with E-state index in [1.54, 1.807) is 30.3 Å². The van der Waals surface area contributed by atoms with Gasteiger partial charge in [-0.3, -0.25) is 9.10 Å². The molecule has 0 aromatic heterocycles. The summed E-state index contributed by atoms with van der Waals surface area (Å²) < 4.78 is 39.1. The molecule has 0 fully saturated rings. The van der Waals surface area contributed by atoms with Crippen LogP contribution in [0.15, 0.2) is 59.5 Å². The molecule has 0 atom stereocenters. The minimum absolute atomic E-state index is 0.0320. The second-order valence-electron chi connectivity index (χ2n) is 7.89. The molecule has 3 rings (SSSR count). The van der Waals surface area contributed by atoms with Crippen molar-refractivity contribution >= 4 is 38.9 Å². The Morgan fingerprint density at radius 3 is 2.15 bits per heavy atom. The number of halogens is 1. The van der Waals surface area contributed by atoms with E-state index in [4.69, 9.17) is 21.1 Å². The number of rotatable bonds is 8. The van der Waals surface area contributed by atoms with Gasteiger partial charge in [0, 0.05) is 16.8 Å². The second-order valence-corrected chi connectivity index (χ2v) is 10.2. The average molecular weight is 503 g/mol. The van der Waals surface area contributed by atoms with Crippen LogP contribution in [-0.2, 0) is 14.8 Å². The summed E-state index contributed by atoms with van der Waals surface area (Å²) in [6, 6.07) is 14.8. The summed E-state index contributed by atoms with van der Waals surface area (Å²) >= 11 is 6.16. The minimum Gasteiger partial charge on any atom is -0.493 e. The molecular weight excluding hydrogens is 476 g/mol. The number of sulfonamides is 1. The SMILES string of the molecule is COc1ccc(S(=O)(=O)N(CC(=O)Nc2ccc(C)c(Cl)c2)c2cc(C)cc(C)c2)cc1OC. The Kier molecular flexibility index (Phi) is 7.74. The summed E-state index contributed by atoms with van der Waals surface area (Å²) in [5.41, 5.74) is 3.46. The number of carbonyl (C=O) groups is 1. The predicted molar refractivity (Wildman–Crippen MR) is 135 cm³/mol. The Morgan fingerprint density at radius 2 is 1.56 bits per heavy atom. The number of ether oxygens (including phenoxy) is 2. The molecule has 34 heavy (non-hydrogen) atoms. The molecule has 1 N–H and O–H groups in total. The molecule has 0 saturated carbocycles. The van der Waals surface area contributed by atoms with Crippen molar-refractivity contribution in [3.63, 3.8) is 0 Å². The van der Waals surface area contributed by atoms with Crippen LogP contribution in [0.5, 0.6) is 11.5 Å². The monoisotopic (exact) mass is 502 g/mol. The highest BCUT2D eigenvalue weighted by molar-refractivity contribution is 7.92. The van der Waals surface area contributed by atoms with Gasteiger partial charge in [-0.15, -0.1) is 0 Å². The molecule has 0 unspecified atom stereocenters. The first kappa shape index (κ1) is 25.4. The number of methoxy groups -OCH3 is 2. The molecule has 180 valence electrons. The van der Waals surface area contributed by atoms with Gasteiger partial charge >= 0.3 is 0 Å². The summed E-state index contributed by atoms with van der Waals surface area (Å²) in [7, 11) is -1.24. The number of anilines is 2. The molecular formula is C25H27ClN2O5S. The van der Waals surface area contributed by atoms with E-state index in [1.165, 1.54) is 32.4 Å². The lowest BCUT2D eigenvalue weighted by Crippen LogP contribution is -2.38. The van der Waals surface area contributed by atoms with Gasteiger partial charge in [-0.1, -0.05) is 23.7 Å². The fraction of sp³-hybridized carbons (Fsp3) is 0.240. The van der Waals surface area contributed by atoms with E-state index in [2.05, 4.69) is 5.32 Å². The van der Waals surface area contributed by atoms with Crippen LogP contribution in [0.3, 0.4) is 0 Å². The zero-order valence-electron chi connectivity index (χ0n) is 19.7. The van der Waals surface area contributed by atoms with Gasteiger partial charge in [-0.2, -0.15) is 0 Å². The van der Waals surface area contributed by atoms with Gasteiger partial charge in [0.25, 0.3) is 10.0 Å². The molecule has 0 heterocycles. The molecule has 0 aliphatic rings. The number of hydrogen-bond acceptors (Lipinski definition) is 5.